The monoisotopic (exact) mass is 590 g/mol. The summed E-state index contributed by atoms with van der Waals surface area (Å²) >= 11 is 0. The minimum Gasteiger partial charge on any atom is -0.354 e. The van der Waals surface area contributed by atoms with Crippen LogP contribution in [0.15, 0.2) is 121 Å². The van der Waals surface area contributed by atoms with E-state index < -0.39 is 18.1 Å². The van der Waals surface area contributed by atoms with Gasteiger partial charge in [0.1, 0.15) is 12.1 Å². The predicted molar refractivity (Wildman–Crippen MR) is 175 cm³/mol. The Balaban J connectivity index is 1.53. The third-order valence-electron chi connectivity index (χ3n) is 7.79. The molecule has 0 fully saturated rings. The summed E-state index contributed by atoms with van der Waals surface area (Å²) in [6.07, 6.45) is 1.80. The average Bonchev–Trinajstić information content (AvgIpc) is 3.07. The Bertz CT molecular complexity index is 1450. The van der Waals surface area contributed by atoms with Crippen LogP contribution in [-0.2, 0) is 40.1 Å². The molecule has 0 aliphatic carbocycles. The van der Waals surface area contributed by atoms with Gasteiger partial charge in [-0.3, -0.25) is 14.4 Å². The number of nitrogens with zero attached hydrogens (tertiary/aromatic N) is 1. The number of amides is 3. The van der Waals surface area contributed by atoms with E-state index in [0.29, 0.717) is 32.2 Å². The van der Waals surface area contributed by atoms with Crippen molar-refractivity contribution in [1.29, 1.82) is 0 Å². The van der Waals surface area contributed by atoms with Crippen LogP contribution in [0.3, 0.4) is 0 Å². The van der Waals surface area contributed by atoms with Gasteiger partial charge in [0.05, 0.1) is 6.04 Å². The van der Waals surface area contributed by atoms with E-state index in [0.717, 1.165) is 22.3 Å². The van der Waals surface area contributed by atoms with E-state index in [2.05, 4.69) is 16.0 Å². The lowest BCUT2D eigenvalue weighted by Gasteiger charge is -2.32. The van der Waals surface area contributed by atoms with Gasteiger partial charge in [0, 0.05) is 26.4 Å². The highest BCUT2D eigenvalue weighted by atomic mass is 16.2. The van der Waals surface area contributed by atoms with Crippen molar-refractivity contribution >= 4 is 17.7 Å². The zero-order valence-corrected chi connectivity index (χ0v) is 25.5. The molecule has 4 aromatic carbocycles. The van der Waals surface area contributed by atoms with Gasteiger partial charge < -0.3 is 20.9 Å². The molecule has 0 saturated heterocycles. The van der Waals surface area contributed by atoms with Crippen molar-refractivity contribution in [3.05, 3.63) is 144 Å². The maximum atomic E-state index is 14.2. The Kier molecular flexibility index (Phi) is 12.3. The molecule has 0 saturated carbocycles. The Hall–Kier alpha value is -4.75. The number of carbonyl (C=O) groups is 3. The predicted octanol–water partition coefficient (Wildman–Crippen LogP) is 3.97. The molecule has 0 bridgehead atoms. The third-order valence-corrected chi connectivity index (χ3v) is 7.79. The fourth-order valence-electron chi connectivity index (χ4n) is 5.23. The molecule has 0 spiro atoms. The molecule has 7 nitrogen and oxygen atoms in total. The molecule has 3 N–H and O–H groups in total. The van der Waals surface area contributed by atoms with Crippen molar-refractivity contribution in [2.45, 2.75) is 43.8 Å². The maximum Gasteiger partial charge on any atom is 0.245 e. The molecule has 7 heteroatoms. The molecular weight excluding hydrogens is 548 g/mol. The van der Waals surface area contributed by atoms with E-state index in [4.69, 9.17) is 0 Å². The second-order valence-electron chi connectivity index (χ2n) is 11.0. The highest BCUT2D eigenvalue weighted by Gasteiger charge is 2.33. The molecule has 0 aliphatic rings. The number of rotatable bonds is 15. The Morgan fingerprint density at radius 2 is 1.02 bits per heavy atom. The molecular formula is C37H42N4O3. The molecule has 0 heterocycles. The number of carbonyl (C=O) groups excluding carboxylic acids is 3. The van der Waals surface area contributed by atoms with Crippen LogP contribution in [0.4, 0.5) is 0 Å². The Labute approximate surface area is 260 Å². The van der Waals surface area contributed by atoms with Gasteiger partial charge in [-0.25, -0.2) is 0 Å². The summed E-state index contributed by atoms with van der Waals surface area (Å²) in [6.45, 7) is 0.448. The van der Waals surface area contributed by atoms with Crippen molar-refractivity contribution in [3.8, 4) is 0 Å². The molecule has 228 valence electrons. The summed E-state index contributed by atoms with van der Waals surface area (Å²) in [4.78, 5) is 42.9. The molecule has 0 aliphatic heterocycles. The lowest BCUT2D eigenvalue weighted by atomic mass is 10.00. The SMILES string of the molecule is CN[C@@H](Cc1ccccc1)C(=O)N[C@@H](Cc1ccccc1)C(=O)N(C)[C@@H](Cc1ccccc1)C(=O)NCCc1ccccc1. The first-order valence-corrected chi connectivity index (χ1v) is 15.1. The van der Waals surface area contributed by atoms with Gasteiger partial charge in [-0.05, 0) is 42.1 Å². The van der Waals surface area contributed by atoms with Gasteiger partial charge in [0.15, 0.2) is 0 Å². The molecule has 4 rings (SSSR count). The maximum absolute atomic E-state index is 14.2. The minimum atomic E-state index is -0.864. The summed E-state index contributed by atoms with van der Waals surface area (Å²) < 4.78 is 0. The third kappa shape index (κ3) is 9.64. The molecule has 4 aromatic rings. The second kappa shape index (κ2) is 16.8. The van der Waals surface area contributed by atoms with E-state index >= 15 is 0 Å². The average molecular weight is 591 g/mol. The van der Waals surface area contributed by atoms with Crippen LogP contribution < -0.4 is 16.0 Å². The van der Waals surface area contributed by atoms with E-state index in [-0.39, 0.29) is 17.7 Å². The first-order valence-electron chi connectivity index (χ1n) is 15.1. The first kappa shape index (κ1) is 32.2. The van der Waals surface area contributed by atoms with Crippen molar-refractivity contribution < 1.29 is 14.4 Å². The molecule has 0 aromatic heterocycles. The first-order chi connectivity index (χ1) is 21.4. The van der Waals surface area contributed by atoms with Crippen LogP contribution in [0.2, 0.25) is 0 Å². The lowest BCUT2D eigenvalue weighted by molar-refractivity contribution is -0.142. The quantitative estimate of drug-likeness (QED) is 0.196. The molecule has 3 atom stereocenters. The zero-order valence-electron chi connectivity index (χ0n) is 25.5. The van der Waals surface area contributed by atoms with Gasteiger partial charge >= 0.3 is 0 Å². The molecule has 0 radical (unpaired) electrons. The largest absolute Gasteiger partial charge is 0.354 e. The van der Waals surface area contributed by atoms with Crippen LogP contribution in [0.25, 0.3) is 0 Å². The number of hydrogen-bond acceptors (Lipinski definition) is 4. The smallest absolute Gasteiger partial charge is 0.245 e. The number of hydrogen-bond donors (Lipinski definition) is 3. The number of benzene rings is 4. The van der Waals surface area contributed by atoms with Gasteiger partial charge in [0.25, 0.3) is 0 Å². The Morgan fingerprint density at radius 3 is 1.50 bits per heavy atom. The fraction of sp³-hybridized carbons (Fsp3) is 0.270. The normalized spacial score (nSPS) is 12.9. The molecule has 44 heavy (non-hydrogen) atoms. The summed E-state index contributed by atoms with van der Waals surface area (Å²) in [5.41, 5.74) is 3.99. The highest BCUT2D eigenvalue weighted by Crippen LogP contribution is 2.14. The van der Waals surface area contributed by atoms with Gasteiger partial charge in [-0.15, -0.1) is 0 Å². The van der Waals surface area contributed by atoms with Gasteiger partial charge in [0.2, 0.25) is 17.7 Å². The zero-order chi connectivity index (χ0) is 31.1. The standard InChI is InChI=1S/C37H42N4O3/c1-38-32(25-29-17-9-4-10-18-29)35(42)40-33(26-30-19-11-5-12-20-30)37(44)41(2)34(27-31-21-13-6-14-22-31)36(43)39-24-23-28-15-7-3-8-16-28/h3-22,32-34,38H,23-27H2,1-2H3,(H,39,43)(H,40,42)/t32-,33-,34-/m0/s1. The summed E-state index contributed by atoms with van der Waals surface area (Å²) in [7, 11) is 3.39. The van der Waals surface area contributed by atoms with E-state index in [1.54, 1.807) is 14.1 Å². The molecule has 0 unspecified atom stereocenters. The topological polar surface area (TPSA) is 90.5 Å². The van der Waals surface area contributed by atoms with Gasteiger partial charge in [-0.1, -0.05) is 121 Å². The summed E-state index contributed by atoms with van der Waals surface area (Å²) in [5.74, 6) is -0.829. The minimum absolute atomic E-state index is 0.234. The fourth-order valence-corrected chi connectivity index (χ4v) is 5.23. The van der Waals surface area contributed by atoms with Crippen LogP contribution in [-0.4, -0.2) is 61.4 Å². The van der Waals surface area contributed by atoms with Crippen LogP contribution in [0.1, 0.15) is 22.3 Å². The van der Waals surface area contributed by atoms with Crippen LogP contribution in [0.5, 0.6) is 0 Å². The lowest BCUT2D eigenvalue weighted by Crippen LogP contribution is -2.57. The number of likely N-dealkylation sites (N-methyl/N-ethyl adjacent to an activating group) is 2. The second-order valence-corrected chi connectivity index (χ2v) is 11.0. The van der Waals surface area contributed by atoms with E-state index in [1.807, 2.05) is 121 Å². The van der Waals surface area contributed by atoms with Crippen molar-refractivity contribution in [1.82, 2.24) is 20.9 Å². The van der Waals surface area contributed by atoms with E-state index in [1.165, 1.54) is 4.90 Å². The Morgan fingerprint density at radius 1 is 0.591 bits per heavy atom. The van der Waals surface area contributed by atoms with Crippen LogP contribution in [0, 0.1) is 0 Å². The van der Waals surface area contributed by atoms with Crippen molar-refractivity contribution in [2.24, 2.45) is 0 Å². The summed E-state index contributed by atoms with van der Waals surface area (Å²) in [6, 6.07) is 36.8. The summed E-state index contributed by atoms with van der Waals surface area (Å²) in [5, 5.41) is 9.15. The van der Waals surface area contributed by atoms with Gasteiger partial charge in [-0.2, -0.15) is 0 Å². The van der Waals surface area contributed by atoms with E-state index in [9.17, 15) is 14.4 Å². The molecule has 3 amide bonds. The van der Waals surface area contributed by atoms with Crippen molar-refractivity contribution in [2.75, 3.05) is 20.6 Å². The van der Waals surface area contributed by atoms with Crippen LogP contribution >= 0.6 is 0 Å². The van der Waals surface area contributed by atoms with Crippen molar-refractivity contribution in [3.63, 3.8) is 0 Å². The number of nitrogens with one attached hydrogen (secondary N) is 3. The highest BCUT2D eigenvalue weighted by molar-refractivity contribution is 5.93.